The van der Waals surface area contributed by atoms with Gasteiger partial charge in [0, 0.05) is 45.9 Å². The van der Waals surface area contributed by atoms with Gasteiger partial charge >= 0.3 is 0 Å². The van der Waals surface area contributed by atoms with E-state index in [9.17, 15) is 9.50 Å². The summed E-state index contributed by atoms with van der Waals surface area (Å²) < 4.78 is 20.0. The second-order valence-electron chi connectivity index (χ2n) is 9.52. The third-order valence-corrected chi connectivity index (χ3v) is 6.82. The van der Waals surface area contributed by atoms with Gasteiger partial charge in [0.2, 0.25) is 0 Å². The molecule has 7 aromatic rings. The minimum atomic E-state index is -0.528. The van der Waals surface area contributed by atoms with Crippen molar-refractivity contribution in [3.63, 3.8) is 0 Å². The molecular weight excluding hydrogens is 505 g/mol. The van der Waals surface area contributed by atoms with Crippen molar-refractivity contribution in [3.05, 3.63) is 115 Å². The molecule has 3 aromatic carbocycles. The second-order valence-corrected chi connectivity index (χ2v) is 9.52. The number of halogens is 1. The molecule has 0 aliphatic heterocycles. The number of H-pyrrole nitrogens is 2. The Kier molecular flexibility index (Phi) is 5.70. The van der Waals surface area contributed by atoms with Crippen LogP contribution in [0.5, 0.6) is 11.5 Å². The summed E-state index contributed by atoms with van der Waals surface area (Å²) in [6.07, 6.45) is 5.18. The molecule has 4 heterocycles. The molecule has 7 nitrogen and oxygen atoms in total. The molecule has 0 unspecified atom stereocenters. The lowest BCUT2D eigenvalue weighted by Crippen LogP contribution is -1.95. The first-order chi connectivity index (χ1) is 19.6. The zero-order valence-electron chi connectivity index (χ0n) is 21.1. The van der Waals surface area contributed by atoms with Gasteiger partial charge in [-0.05, 0) is 53.6 Å². The van der Waals surface area contributed by atoms with Crippen LogP contribution in [0.2, 0.25) is 0 Å². The van der Waals surface area contributed by atoms with E-state index in [2.05, 4.69) is 31.2 Å². The lowest BCUT2D eigenvalue weighted by molar-refractivity contribution is 0.305. The Morgan fingerprint density at radius 1 is 0.775 bits per heavy atom. The van der Waals surface area contributed by atoms with Crippen LogP contribution in [0.1, 0.15) is 5.56 Å². The molecule has 0 fully saturated rings. The fraction of sp³-hybridized carbons (Fsp3) is 0.0312. The number of aromatic nitrogens is 5. The molecule has 0 radical (unpaired) electrons. The normalized spacial score (nSPS) is 11.3. The second kappa shape index (κ2) is 9.67. The molecule has 0 aliphatic rings. The number of nitrogens with zero attached hydrogens (tertiary/aromatic N) is 3. The summed E-state index contributed by atoms with van der Waals surface area (Å²) in [4.78, 5) is 12.3. The maximum Gasteiger partial charge on any atom is 0.138 e. The molecule has 7 rings (SSSR count). The quantitative estimate of drug-likeness (QED) is 0.211. The zero-order valence-corrected chi connectivity index (χ0v) is 21.1. The number of hydrogen-bond donors (Lipinski definition) is 3. The number of nitrogens with one attached hydrogen (secondary N) is 2. The Morgan fingerprint density at radius 3 is 2.52 bits per heavy atom. The van der Waals surface area contributed by atoms with Crippen molar-refractivity contribution >= 4 is 21.8 Å². The Hall–Kier alpha value is -5.50. The lowest BCUT2D eigenvalue weighted by Gasteiger charge is -2.08. The fourth-order valence-corrected chi connectivity index (χ4v) is 4.92. The number of aromatic amines is 2. The number of aromatic hydroxyl groups is 1. The van der Waals surface area contributed by atoms with Crippen LogP contribution in [-0.2, 0) is 6.61 Å². The van der Waals surface area contributed by atoms with Crippen molar-refractivity contribution in [3.8, 4) is 45.3 Å². The van der Waals surface area contributed by atoms with Crippen molar-refractivity contribution in [2.75, 3.05) is 0 Å². The van der Waals surface area contributed by atoms with Crippen molar-refractivity contribution in [2.24, 2.45) is 0 Å². The first-order valence-corrected chi connectivity index (χ1v) is 12.7. The van der Waals surface area contributed by atoms with Crippen LogP contribution >= 0.6 is 0 Å². The highest BCUT2D eigenvalue weighted by molar-refractivity contribution is 6.00. The number of benzene rings is 3. The SMILES string of the molecule is Oc1cc(F)cc(-c2nccc3[nH]c(-c4n[nH]c5ccc(-c6cncc(OCc7ccccc7)c6)cc45)cc23)c1. The van der Waals surface area contributed by atoms with E-state index in [0.29, 0.717) is 23.6 Å². The van der Waals surface area contributed by atoms with Crippen LogP contribution in [0.15, 0.2) is 104 Å². The summed E-state index contributed by atoms with van der Waals surface area (Å²) in [6.45, 7) is 0.462. The Balaban J connectivity index is 1.25. The molecule has 0 saturated carbocycles. The highest BCUT2D eigenvalue weighted by Gasteiger charge is 2.16. The molecule has 0 atom stereocenters. The first kappa shape index (κ1) is 23.6. The molecule has 40 heavy (non-hydrogen) atoms. The maximum absolute atomic E-state index is 14.0. The number of fused-ring (bicyclic) bond motifs is 2. The van der Waals surface area contributed by atoms with Gasteiger partial charge < -0.3 is 14.8 Å². The summed E-state index contributed by atoms with van der Waals surface area (Å²) in [7, 11) is 0. The third kappa shape index (κ3) is 4.41. The van der Waals surface area contributed by atoms with Gasteiger partial charge in [-0.2, -0.15) is 5.10 Å². The number of phenolic OH excluding ortho intramolecular Hbond substituents is 1. The van der Waals surface area contributed by atoms with E-state index < -0.39 is 5.82 Å². The van der Waals surface area contributed by atoms with Crippen LogP contribution in [0, 0.1) is 5.82 Å². The summed E-state index contributed by atoms with van der Waals surface area (Å²) in [5.74, 6) is 0.00623. The van der Waals surface area contributed by atoms with E-state index in [1.54, 1.807) is 12.4 Å². The Morgan fingerprint density at radius 2 is 1.65 bits per heavy atom. The Labute approximate surface area is 228 Å². The number of pyridine rings is 2. The zero-order chi connectivity index (χ0) is 27.1. The summed E-state index contributed by atoms with van der Waals surface area (Å²) in [6, 6.07) is 25.8. The van der Waals surface area contributed by atoms with Crippen molar-refractivity contribution in [1.82, 2.24) is 25.1 Å². The first-order valence-electron chi connectivity index (χ1n) is 12.7. The van der Waals surface area contributed by atoms with Crippen molar-refractivity contribution < 1.29 is 14.2 Å². The van der Waals surface area contributed by atoms with E-state index in [4.69, 9.17) is 4.74 Å². The molecule has 3 N–H and O–H groups in total. The summed E-state index contributed by atoms with van der Waals surface area (Å²) in [5.41, 5.74) is 7.27. The number of ether oxygens (including phenoxy) is 1. The minimum absolute atomic E-state index is 0.153. The standard InChI is InChI=1S/C32H22FN5O2/c33-23-10-21(11-24(39)14-23)31-27-15-30(36-28(27)8-9-35-31)32-26-13-20(6-7-29(26)37-38-32)22-12-25(17-34-16-22)40-18-19-4-2-1-3-5-19/h1-17,36,39H,18H2,(H,37,38). The summed E-state index contributed by atoms with van der Waals surface area (Å²) >= 11 is 0. The van der Waals surface area contributed by atoms with Gasteiger partial charge in [0.05, 0.1) is 23.1 Å². The van der Waals surface area contributed by atoms with Gasteiger partial charge in [0.1, 0.15) is 29.6 Å². The number of hydrogen-bond acceptors (Lipinski definition) is 5. The molecular formula is C32H22FN5O2. The van der Waals surface area contributed by atoms with Gasteiger partial charge in [0.25, 0.3) is 0 Å². The van der Waals surface area contributed by atoms with E-state index in [1.165, 1.54) is 12.1 Å². The highest BCUT2D eigenvalue weighted by atomic mass is 19.1. The van der Waals surface area contributed by atoms with Crippen LogP contribution in [0.25, 0.3) is 55.6 Å². The highest BCUT2D eigenvalue weighted by Crippen LogP contribution is 2.35. The molecule has 0 amide bonds. The molecule has 0 bridgehead atoms. The summed E-state index contributed by atoms with van der Waals surface area (Å²) in [5, 5.41) is 19.3. The van der Waals surface area contributed by atoms with Crippen LogP contribution < -0.4 is 4.74 Å². The van der Waals surface area contributed by atoms with Gasteiger partial charge in [-0.3, -0.25) is 15.1 Å². The van der Waals surface area contributed by atoms with E-state index in [0.717, 1.165) is 56.0 Å². The lowest BCUT2D eigenvalue weighted by atomic mass is 10.0. The minimum Gasteiger partial charge on any atom is -0.508 e. The largest absolute Gasteiger partial charge is 0.508 e. The molecule has 0 spiro atoms. The van der Waals surface area contributed by atoms with E-state index in [-0.39, 0.29) is 5.75 Å². The van der Waals surface area contributed by atoms with Crippen LogP contribution in [-0.4, -0.2) is 30.3 Å². The molecule has 0 aliphatic carbocycles. The van der Waals surface area contributed by atoms with Crippen molar-refractivity contribution in [1.29, 1.82) is 0 Å². The molecule has 194 valence electrons. The van der Waals surface area contributed by atoms with Crippen LogP contribution in [0.4, 0.5) is 4.39 Å². The van der Waals surface area contributed by atoms with Gasteiger partial charge in [0.15, 0.2) is 0 Å². The van der Waals surface area contributed by atoms with Gasteiger partial charge in [-0.15, -0.1) is 0 Å². The maximum atomic E-state index is 14.0. The third-order valence-electron chi connectivity index (χ3n) is 6.82. The molecule has 4 aromatic heterocycles. The molecule has 8 heteroatoms. The number of phenols is 1. The number of rotatable bonds is 6. The monoisotopic (exact) mass is 527 g/mol. The predicted molar refractivity (Wildman–Crippen MR) is 152 cm³/mol. The average Bonchev–Trinajstić information content (AvgIpc) is 3.60. The van der Waals surface area contributed by atoms with Crippen molar-refractivity contribution in [2.45, 2.75) is 6.61 Å². The smallest absolute Gasteiger partial charge is 0.138 e. The Bertz CT molecular complexity index is 1980. The van der Waals surface area contributed by atoms with Gasteiger partial charge in [-0.1, -0.05) is 36.4 Å². The van der Waals surface area contributed by atoms with E-state index in [1.807, 2.05) is 66.9 Å². The fourth-order valence-electron chi connectivity index (χ4n) is 4.92. The molecule has 0 saturated heterocycles. The van der Waals surface area contributed by atoms with E-state index >= 15 is 0 Å². The average molecular weight is 528 g/mol. The van der Waals surface area contributed by atoms with Gasteiger partial charge in [-0.25, -0.2) is 4.39 Å². The van der Waals surface area contributed by atoms with Crippen LogP contribution in [0.3, 0.4) is 0 Å². The predicted octanol–water partition coefficient (Wildman–Crippen LogP) is 7.26. The topological polar surface area (TPSA) is 99.7 Å².